The average molecular weight is 621 g/mol. The lowest BCUT2D eigenvalue weighted by molar-refractivity contribution is -0.175. The highest BCUT2D eigenvalue weighted by Crippen LogP contribution is 2.15. The van der Waals surface area contributed by atoms with Crippen molar-refractivity contribution in [2.24, 2.45) is 0 Å². The molecule has 0 fully saturated rings. The van der Waals surface area contributed by atoms with Gasteiger partial charge in [-0.15, -0.1) is 0 Å². The molecule has 2 atom stereocenters. The molecule has 0 rings (SSSR count). The zero-order chi connectivity index (χ0) is 32.5. The quantitative estimate of drug-likeness (QED) is 0.0457. The fourth-order valence-electron chi connectivity index (χ4n) is 5.15. The van der Waals surface area contributed by atoms with Crippen LogP contribution in [0.4, 0.5) is 0 Å². The van der Waals surface area contributed by atoms with E-state index in [9.17, 15) is 19.5 Å². The van der Waals surface area contributed by atoms with Gasteiger partial charge in [0.1, 0.15) is 0 Å². The van der Waals surface area contributed by atoms with Crippen molar-refractivity contribution in [3.05, 3.63) is 24.3 Å². The molecule has 0 aromatic heterocycles. The van der Waals surface area contributed by atoms with E-state index in [1.165, 1.54) is 64.2 Å². The van der Waals surface area contributed by atoms with Gasteiger partial charge in [0.2, 0.25) is 0 Å². The molecule has 2 unspecified atom stereocenters. The van der Waals surface area contributed by atoms with Crippen LogP contribution in [0, 0.1) is 0 Å². The molecule has 0 aliphatic carbocycles. The highest BCUT2D eigenvalue weighted by molar-refractivity contribution is 5.86. The number of hydrogen-bond donors (Lipinski definition) is 1. The molecule has 44 heavy (non-hydrogen) atoms. The Morgan fingerprint density at radius 1 is 0.523 bits per heavy atom. The molecule has 256 valence electrons. The summed E-state index contributed by atoms with van der Waals surface area (Å²) in [7, 11) is 0. The largest absolute Gasteiger partial charge is 0.455 e. The second-order valence-electron chi connectivity index (χ2n) is 12.2. The number of hydrogen-bond acceptors (Lipinski definition) is 6. The number of carbonyl (C=O) groups excluding carboxylic acids is 3. The van der Waals surface area contributed by atoms with E-state index in [0.717, 1.165) is 64.2 Å². The van der Waals surface area contributed by atoms with E-state index in [1.54, 1.807) is 6.92 Å². The van der Waals surface area contributed by atoms with Crippen LogP contribution in [0.3, 0.4) is 0 Å². The van der Waals surface area contributed by atoms with Gasteiger partial charge < -0.3 is 14.6 Å². The predicted molar refractivity (Wildman–Crippen MR) is 183 cm³/mol. The van der Waals surface area contributed by atoms with Gasteiger partial charge >= 0.3 is 11.9 Å². The predicted octanol–water partition coefficient (Wildman–Crippen LogP) is 10.3. The number of aliphatic hydroxyl groups excluding tert-OH is 1. The summed E-state index contributed by atoms with van der Waals surface area (Å²) >= 11 is 0. The molecule has 0 spiro atoms. The first-order chi connectivity index (χ1) is 21.5. The second-order valence-corrected chi connectivity index (χ2v) is 12.2. The number of esters is 2. The molecule has 0 saturated carbocycles. The van der Waals surface area contributed by atoms with E-state index >= 15 is 0 Å². The van der Waals surface area contributed by atoms with Crippen molar-refractivity contribution in [3.8, 4) is 0 Å². The van der Waals surface area contributed by atoms with Crippen molar-refractivity contribution < 1.29 is 29.0 Å². The summed E-state index contributed by atoms with van der Waals surface area (Å²) in [5.41, 5.74) is 0. The third-order valence-corrected chi connectivity index (χ3v) is 8.01. The van der Waals surface area contributed by atoms with E-state index in [2.05, 4.69) is 38.2 Å². The summed E-state index contributed by atoms with van der Waals surface area (Å²) in [6.45, 7) is 5.57. The first kappa shape index (κ1) is 42.0. The van der Waals surface area contributed by atoms with Crippen LogP contribution in [0.1, 0.15) is 181 Å². The summed E-state index contributed by atoms with van der Waals surface area (Å²) in [6, 6.07) is 0. The Balaban J connectivity index is 4.14. The molecule has 6 heteroatoms. The molecule has 0 radical (unpaired) electrons. The van der Waals surface area contributed by atoms with Gasteiger partial charge in [0.25, 0.3) is 0 Å². The topological polar surface area (TPSA) is 89.9 Å². The first-order valence-corrected chi connectivity index (χ1v) is 18.3. The van der Waals surface area contributed by atoms with Gasteiger partial charge in [-0.3, -0.25) is 14.4 Å². The number of allylic oxidation sites excluding steroid dienone is 4. The van der Waals surface area contributed by atoms with Crippen molar-refractivity contribution in [2.75, 3.05) is 6.61 Å². The van der Waals surface area contributed by atoms with Crippen LogP contribution in [-0.2, 0) is 23.9 Å². The number of carbonyl (C=O) groups is 3. The minimum absolute atomic E-state index is 0.132. The van der Waals surface area contributed by atoms with Gasteiger partial charge in [-0.1, -0.05) is 122 Å². The second kappa shape index (κ2) is 32.4. The molecule has 0 saturated heterocycles. The van der Waals surface area contributed by atoms with Gasteiger partial charge in [0.15, 0.2) is 18.0 Å². The highest BCUT2D eigenvalue weighted by Gasteiger charge is 2.33. The molecular formula is C38H68O6. The smallest absolute Gasteiger partial charge is 0.306 e. The van der Waals surface area contributed by atoms with E-state index in [0.29, 0.717) is 12.8 Å². The summed E-state index contributed by atoms with van der Waals surface area (Å²) in [6.07, 6.45) is 32.3. The first-order valence-electron chi connectivity index (χ1n) is 18.3. The highest BCUT2D eigenvalue weighted by atomic mass is 16.6. The van der Waals surface area contributed by atoms with Crippen molar-refractivity contribution in [1.29, 1.82) is 0 Å². The Morgan fingerprint density at radius 2 is 0.886 bits per heavy atom. The Morgan fingerprint density at radius 3 is 1.27 bits per heavy atom. The Hall–Kier alpha value is -1.95. The Bertz CT molecular complexity index is 744. The number of aliphatic hydroxyl groups is 1. The van der Waals surface area contributed by atoms with Gasteiger partial charge in [-0.05, 0) is 64.2 Å². The zero-order valence-electron chi connectivity index (χ0n) is 28.8. The summed E-state index contributed by atoms with van der Waals surface area (Å²) in [4.78, 5) is 37.4. The van der Waals surface area contributed by atoms with E-state index in [4.69, 9.17) is 9.47 Å². The third kappa shape index (κ3) is 26.5. The average Bonchev–Trinajstić information content (AvgIpc) is 3.02. The van der Waals surface area contributed by atoms with Crippen LogP contribution in [0.15, 0.2) is 24.3 Å². The lowest BCUT2D eigenvalue weighted by Crippen LogP contribution is -2.43. The molecule has 0 heterocycles. The number of ketones is 1. The molecule has 0 bridgehead atoms. The van der Waals surface area contributed by atoms with Gasteiger partial charge in [-0.2, -0.15) is 0 Å². The summed E-state index contributed by atoms with van der Waals surface area (Å²) in [5.74, 6) is -1.30. The molecule has 0 aromatic carbocycles. The molecule has 0 aliphatic rings. The molecule has 0 aliphatic heterocycles. The molecule has 0 aromatic rings. The fraction of sp³-hybridized carbons (Fsp3) is 0.816. The lowest BCUT2D eigenvalue weighted by Gasteiger charge is -2.24. The van der Waals surface area contributed by atoms with Crippen LogP contribution < -0.4 is 0 Å². The molecule has 0 amide bonds. The summed E-state index contributed by atoms with van der Waals surface area (Å²) in [5, 5.41) is 9.85. The normalized spacial score (nSPS) is 13.0. The molecular weight excluding hydrogens is 552 g/mol. The number of unbranched alkanes of at least 4 members (excludes halogenated alkanes) is 18. The standard InChI is InChI=1S/C38H68O6/c1-4-7-9-11-13-15-17-19-21-23-25-27-29-31-36(41)43-35(33-39)38(34(40)6-3)44-37(42)32-30-28-26-24-22-20-18-16-14-12-10-8-5-2/h15-18,35,38-39H,4-14,19-33H2,1-3H3/b17-15-,18-16-. The maximum absolute atomic E-state index is 12.5. The van der Waals surface area contributed by atoms with Gasteiger partial charge in [-0.25, -0.2) is 0 Å². The van der Waals surface area contributed by atoms with Crippen LogP contribution in [0.25, 0.3) is 0 Å². The maximum Gasteiger partial charge on any atom is 0.306 e. The van der Waals surface area contributed by atoms with Crippen LogP contribution >= 0.6 is 0 Å². The van der Waals surface area contributed by atoms with Crippen LogP contribution in [0.5, 0.6) is 0 Å². The Kier molecular flexibility index (Phi) is 31.0. The minimum Gasteiger partial charge on any atom is -0.455 e. The zero-order valence-corrected chi connectivity index (χ0v) is 28.8. The summed E-state index contributed by atoms with van der Waals surface area (Å²) < 4.78 is 10.9. The maximum atomic E-state index is 12.5. The third-order valence-electron chi connectivity index (χ3n) is 8.01. The van der Waals surface area contributed by atoms with E-state index in [-0.39, 0.29) is 25.0 Å². The molecule has 1 N–H and O–H groups in total. The number of Topliss-reactive ketones (excluding diaryl/α,β-unsaturated/α-hetero) is 1. The number of ether oxygens (including phenoxy) is 2. The fourth-order valence-corrected chi connectivity index (χ4v) is 5.15. The van der Waals surface area contributed by atoms with Crippen molar-refractivity contribution in [1.82, 2.24) is 0 Å². The van der Waals surface area contributed by atoms with Crippen molar-refractivity contribution >= 4 is 17.7 Å². The molecule has 6 nitrogen and oxygen atoms in total. The van der Waals surface area contributed by atoms with E-state index in [1.807, 2.05) is 0 Å². The van der Waals surface area contributed by atoms with Gasteiger partial charge in [0.05, 0.1) is 6.61 Å². The monoisotopic (exact) mass is 621 g/mol. The van der Waals surface area contributed by atoms with Gasteiger partial charge in [0, 0.05) is 19.3 Å². The minimum atomic E-state index is -1.25. The van der Waals surface area contributed by atoms with Crippen molar-refractivity contribution in [3.63, 3.8) is 0 Å². The SMILES string of the molecule is CCCCCC/C=C\CCCCCCCC(=O)OC(CO)C(OC(=O)CCCCCCC/C=C\CCCCCC)C(=O)CC. The van der Waals surface area contributed by atoms with E-state index < -0.39 is 30.8 Å². The van der Waals surface area contributed by atoms with Crippen LogP contribution in [0.2, 0.25) is 0 Å². The number of rotatable bonds is 32. The lowest BCUT2D eigenvalue weighted by atomic mass is 10.1. The van der Waals surface area contributed by atoms with Crippen LogP contribution in [-0.4, -0.2) is 41.6 Å². The van der Waals surface area contributed by atoms with Crippen molar-refractivity contribution in [2.45, 2.75) is 193 Å². The Labute approximate surface area is 270 Å².